The first-order chi connectivity index (χ1) is 12.2. The summed E-state index contributed by atoms with van der Waals surface area (Å²) in [5, 5.41) is 5.69. The third-order valence-electron chi connectivity index (χ3n) is 4.74. The topological polar surface area (TPSA) is 79.9 Å². The molecule has 0 saturated carbocycles. The molecule has 2 heterocycles. The number of rotatable bonds is 6. The molecule has 3 atom stereocenters. The number of hydrogen-bond donors (Lipinski definition) is 2. The molecule has 2 N–H and O–H groups in total. The van der Waals surface area contributed by atoms with Crippen LogP contribution in [0, 0.1) is 5.92 Å². The van der Waals surface area contributed by atoms with Crippen molar-refractivity contribution in [1.82, 2.24) is 15.5 Å². The van der Waals surface area contributed by atoms with Gasteiger partial charge >= 0.3 is 6.09 Å². The lowest BCUT2D eigenvalue weighted by molar-refractivity contribution is -0.131. The largest absolute Gasteiger partial charge is 0.444 e. The van der Waals surface area contributed by atoms with Crippen molar-refractivity contribution in [2.75, 3.05) is 32.7 Å². The van der Waals surface area contributed by atoms with Crippen LogP contribution in [0.25, 0.3) is 0 Å². The molecule has 0 unspecified atom stereocenters. The van der Waals surface area contributed by atoms with E-state index in [2.05, 4.69) is 22.5 Å². The molecule has 2 amide bonds. The van der Waals surface area contributed by atoms with Crippen LogP contribution in [0.15, 0.2) is 0 Å². The molecule has 150 valence electrons. The third kappa shape index (κ3) is 7.50. The van der Waals surface area contributed by atoms with Crippen LogP contribution < -0.4 is 10.6 Å². The van der Waals surface area contributed by atoms with E-state index in [1.165, 1.54) is 12.8 Å². The van der Waals surface area contributed by atoms with Gasteiger partial charge in [0.15, 0.2) is 0 Å². The lowest BCUT2D eigenvalue weighted by Crippen LogP contribution is -2.43. The second kappa shape index (κ2) is 9.55. The lowest BCUT2D eigenvalue weighted by atomic mass is 10.0. The van der Waals surface area contributed by atoms with Crippen molar-refractivity contribution in [3.8, 4) is 0 Å². The minimum absolute atomic E-state index is 0.0465. The van der Waals surface area contributed by atoms with Crippen LogP contribution in [0.1, 0.15) is 53.4 Å². The zero-order chi connectivity index (χ0) is 19.2. The van der Waals surface area contributed by atoms with E-state index < -0.39 is 17.8 Å². The van der Waals surface area contributed by atoms with Crippen LogP contribution in [0.2, 0.25) is 0 Å². The predicted octanol–water partition coefficient (Wildman–Crippen LogP) is 1.91. The fraction of sp³-hybridized carbons (Fsp3) is 0.895. The van der Waals surface area contributed by atoms with E-state index in [1.807, 2.05) is 20.8 Å². The normalized spacial score (nSPS) is 27.2. The van der Waals surface area contributed by atoms with Gasteiger partial charge in [0.05, 0.1) is 6.10 Å². The van der Waals surface area contributed by atoms with Gasteiger partial charge in [0.25, 0.3) is 0 Å². The van der Waals surface area contributed by atoms with Gasteiger partial charge in [-0.3, -0.25) is 4.79 Å². The van der Waals surface area contributed by atoms with E-state index in [-0.39, 0.29) is 12.0 Å². The van der Waals surface area contributed by atoms with Gasteiger partial charge in [-0.15, -0.1) is 0 Å². The Balaban J connectivity index is 1.60. The van der Waals surface area contributed by atoms with Gasteiger partial charge in [0, 0.05) is 26.2 Å². The molecule has 0 spiro atoms. The first kappa shape index (κ1) is 21.0. The van der Waals surface area contributed by atoms with E-state index in [0.29, 0.717) is 19.5 Å². The van der Waals surface area contributed by atoms with Crippen LogP contribution >= 0.6 is 0 Å². The van der Waals surface area contributed by atoms with Gasteiger partial charge < -0.3 is 25.0 Å². The maximum Gasteiger partial charge on any atom is 0.407 e. The maximum atomic E-state index is 12.3. The lowest BCUT2D eigenvalue weighted by Gasteiger charge is -2.30. The van der Waals surface area contributed by atoms with Gasteiger partial charge in [-0.25, -0.2) is 4.79 Å². The molecular formula is C19H35N3O4. The SMILES string of the molecule is C[C@@H]1CCCN(CCNC(=O)[C@@H]2CC[C@@H](CNC(=O)OC(C)(C)C)O2)C1. The van der Waals surface area contributed by atoms with Crippen LogP contribution in [0.4, 0.5) is 4.79 Å². The quantitative estimate of drug-likeness (QED) is 0.748. The molecule has 0 aromatic heterocycles. The molecule has 2 saturated heterocycles. The molecule has 0 radical (unpaired) electrons. The van der Waals surface area contributed by atoms with E-state index >= 15 is 0 Å². The second-order valence-corrected chi connectivity index (χ2v) is 8.55. The summed E-state index contributed by atoms with van der Waals surface area (Å²) in [6.45, 7) is 11.9. The van der Waals surface area contributed by atoms with E-state index in [0.717, 1.165) is 32.0 Å². The molecule has 0 aliphatic carbocycles. The minimum atomic E-state index is -0.519. The molecule has 0 aromatic rings. The number of piperidine rings is 1. The third-order valence-corrected chi connectivity index (χ3v) is 4.74. The summed E-state index contributed by atoms with van der Waals surface area (Å²) in [5.41, 5.74) is -0.519. The number of carbonyl (C=O) groups is 2. The molecule has 7 nitrogen and oxygen atoms in total. The van der Waals surface area contributed by atoms with E-state index in [9.17, 15) is 9.59 Å². The molecule has 0 aromatic carbocycles. The van der Waals surface area contributed by atoms with Crippen molar-refractivity contribution in [3.63, 3.8) is 0 Å². The Hall–Kier alpha value is -1.34. The van der Waals surface area contributed by atoms with Crippen molar-refractivity contribution >= 4 is 12.0 Å². The summed E-state index contributed by atoms with van der Waals surface area (Å²) >= 11 is 0. The zero-order valence-electron chi connectivity index (χ0n) is 16.7. The van der Waals surface area contributed by atoms with Gasteiger partial charge in [0.2, 0.25) is 5.91 Å². The Morgan fingerprint density at radius 1 is 1.19 bits per heavy atom. The summed E-state index contributed by atoms with van der Waals surface area (Å²) in [6, 6.07) is 0. The number of carbonyl (C=O) groups excluding carboxylic acids is 2. The number of alkyl carbamates (subject to hydrolysis) is 1. The Morgan fingerprint density at radius 2 is 1.96 bits per heavy atom. The average molecular weight is 370 g/mol. The minimum Gasteiger partial charge on any atom is -0.444 e. The Morgan fingerprint density at radius 3 is 2.65 bits per heavy atom. The van der Waals surface area contributed by atoms with Crippen LogP contribution in [-0.2, 0) is 14.3 Å². The van der Waals surface area contributed by atoms with Crippen molar-refractivity contribution in [1.29, 1.82) is 0 Å². The molecule has 7 heteroatoms. The molecule has 0 bridgehead atoms. The number of nitrogens with zero attached hydrogens (tertiary/aromatic N) is 1. The highest BCUT2D eigenvalue weighted by Gasteiger charge is 2.31. The molecule has 26 heavy (non-hydrogen) atoms. The Kier molecular flexibility index (Phi) is 7.70. The highest BCUT2D eigenvalue weighted by molar-refractivity contribution is 5.81. The second-order valence-electron chi connectivity index (χ2n) is 8.55. The Labute approximate surface area is 157 Å². The standard InChI is InChI=1S/C19H35N3O4/c1-14-6-5-10-22(13-14)11-9-20-17(23)16-8-7-15(25-16)12-21-18(24)26-19(2,3)4/h14-16H,5-13H2,1-4H3,(H,20,23)(H,21,24)/t14-,15+,16+/m1/s1. The monoisotopic (exact) mass is 369 g/mol. The predicted molar refractivity (Wildman–Crippen MR) is 100.0 cm³/mol. The highest BCUT2D eigenvalue weighted by atomic mass is 16.6. The number of likely N-dealkylation sites (tertiary alicyclic amines) is 1. The average Bonchev–Trinajstić information content (AvgIpc) is 3.00. The first-order valence-corrected chi connectivity index (χ1v) is 9.85. The molecule has 2 aliphatic heterocycles. The summed E-state index contributed by atoms with van der Waals surface area (Å²) in [5.74, 6) is 0.700. The summed E-state index contributed by atoms with van der Waals surface area (Å²) in [4.78, 5) is 26.3. The number of ether oxygens (including phenoxy) is 2. The van der Waals surface area contributed by atoms with Gasteiger partial charge in [-0.2, -0.15) is 0 Å². The fourth-order valence-electron chi connectivity index (χ4n) is 3.50. The number of nitrogens with one attached hydrogen (secondary N) is 2. The van der Waals surface area contributed by atoms with Crippen molar-refractivity contribution in [3.05, 3.63) is 0 Å². The number of hydrogen-bond acceptors (Lipinski definition) is 5. The molecular weight excluding hydrogens is 334 g/mol. The van der Waals surface area contributed by atoms with Crippen molar-refractivity contribution < 1.29 is 19.1 Å². The van der Waals surface area contributed by atoms with Crippen LogP contribution in [0.3, 0.4) is 0 Å². The van der Waals surface area contributed by atoms with E-state index in [1.54, 1.807) is 0 Å². The molecule has 2 aliphatic rings. The Bertz CT molecular complexity index is 478. The summed E-state index contributed by atoms with van der Waals surface area (Å²) < 4.78 is 11.0. The van der Waals surface area contributed by atoms with Crippen LogP contribution in [-0.4, -0.2) is 67.4 Å². The fourth-order valence-corrected chi connectivity index (χ4v) is 3.50. The molecule has 2 rings (SSSR count). The first-order valence-electron chi connectivity index (χ1n) is 9.85. The van der Waals surface area contributed by atoms with Gasteiger partial charge in [0.1, 0.15) is 11.7 Å². The van der Waals surface area contributed by atoms with E-state index in [4.69, 9.17) is 9.47 Å². The molecule has 2 fully saturated rings. The van der Waals surface area contributed by atoms with Crippen molar-refractivity contribution in [2.24, 2.45) is 5.92 Å². The highest BCUT2D eigenvalue weighted by Crippen LogP contribution is 2.19. The van der Waals surface area contributed by atoms with Gasteiger partial charge in [-0.05, 0) is 58.9 Å². The maximum absolute atomic E-state index is 12.3. The number of amides is 2. The van der Waals surface area contributed by atoms with Crippen molar-refractivity contribution in [2.45, 2.75) is 71.2 Å². The van der Waals surface area contributed by atoms with Crippen LogP contribution in [0.5, 0.6) is 0 Å². The smallest absolute Gasteiger partial charge is 0.407 e. The summed E-state index contributed by atoms with van der Waals surface area (Å²) in [6.07, 6.45) is 2.99. The van der Waals surface area contributed by atoms with Gasteiger partial charge in [-0.1, -0.05) is 6.92 Å². The summed E-state index contributed by atoms with van der Waals surface area (Å²) in [7, 11) is 0. The zero-order valence-corrected chi connectivity index (χ0v) is 16.7.